The third kappa shape index (κ3) is 5.63. The highest BCUT2D eigenvalue weighted by Gasteiger charge is 2.18. The first-order valence-corrected chi connectivity index (χ1v) is 12.8. The molecule has 4 rings (SSSR count). The lowest BCUT2D eigenvalue weighted by Crippen LogP contribution is -2.21. The zero-order chi connectivity index (χ0) is 24.9. The van der Waals surface area contributed by atoms with Crippen molar-refractivity contribution in [1.29, 1.82) is 0 Å². The number of anilines is 2. The summed E-state index contributed by atoms with van der Waals surface area (Å²) >= 11 is 2.80. The minimum atomic E-state index is -2.96. The van der Waals surface area contributed by atoms with E-state index in [-0.39, 0.29) is 5.75 Å². The van der Waals surface area contributed by atoms with Gasteiger partial charge in [-0.2, -0.15) is 8.78 Å². The highest BCUT2D eigenvalue weighted by molar-refractivity contribution is 7.99. The summed E-state index contributed by atoms with van der Waals surface area (Å²) in [5.74, 6) is 0.607. The third-order valence-electron chi connectivity index (χ3n) is 4.95. The van der Waals surface area contributed by atoms with Crippen LogP contribution < -0.4 is 15.4 Å². The van der Waals surface area contributed by atoms with Crippen molar-refractivity contribution in [3.63, 3.8) is 0 Å². The second-order valence-corrected chi connectivity index (χ2v) is 8.80. The molecule has 0 bridgehead atoms. The molecule has 0 saturated carbocycles. The Kier molecular flexibility index (Phi) is 7.67. The summed E-state index contributed by atoms with van der Waals surface area (Å²) in [5, 5.41) is 7.55. The number of rotatable bonds is 7. The molecule has 0 saturated heterocycles. The number of hydrogen-bond acceptors (Lipinski definition) is 7. The Balaban J connectivity index is 1.76. The van der Waals surface area contributed by atoms with E-state index in [9.17, 15) is 13.6 Å². The minimum absolute atomic E-state index is 0.000823. The molecule has 0 radical (unpaired) electrons. The molecule has 0 fully saturated rings. The standard InChI is InChI=1S/C24H21F2N5O2S2/c1-13-28-21(34-2)20(22(29-13)35-3)31-24(32)30-18-12-27-17-10-9-15(33-23(25)26)11-16(17)19(18)14-7-5-4-6-8-14/h4-12,23H,1-3H3,(H2,30,31,32). The number of nitrogens with one attached hydrogen (secondary N) is 2. The van der Waals surface area contributed by atoms with Crippen molar-refractivity contribution in [1.82, 2.24) is 15.0 Å². The number of hydrogen-bond donors (Lipinski definition) is 2. The summed E-state index contributed by atoms with van der Waals surface area (Å²) in [6.07, 6.45) is 5.28. The number of carbonyl (C=O) groups excluding carboxylic acids is 1. The smallest absolute Gasteiger partial charge is 0.387 e. The van der Waals surface area contributed by atoms with E-state index in [0.29, 0.717) is 43.7 Å². The van der Waals surface area contributed by atoms with Crippen LogP contribution in [0.25, 0.3) is 22.0 Å². The lowest BCUT2D eigenvalue weighted by atomic mass is 9.99. The molecule has 2 amide bonds. The molecular formula is C24H21F2N5O2S2. The van der Waals surface area contributed by atoms with Crippen molar-refractivity contribution in [2.45, 2.75) is 23.6 Å². The van der Waals surface area contributed by atoms with Crippen LogP contribution in [0, 0.1) is 6.92 Å². The quantitative estimate of drug-likeness (QED) is 0.210. The van der Waals surface area contributed by atoms with Crippen LogP contribution in [0.4, 0.5) is 25.0 Å². The number of fused-ring (bicyclic) bond motifs is 1. The molecule has 2 aromatic carbocycles. The van der Waals surface area contributed by atoms with Crippen LogP contribution in [0.5, 0.6) is 5.75 Å². The van der Waals surface area contributed by atoms with E-state index in [1.54, 1.807) is 13.0 Å². The Morgan fingerprint density at radius 2 is 1.69 bits per heavy atom. The van der Waals surface area contributed by atoms with Crippen molar-refractivity contribution < 1.29 is 18.3 Å². The van der Waals surface area contributed by atoms with Crippen LogP contribution >= 0.6 is 23.5 Å². The van der Waals surface area contributed by atoms with Gasteiger partial charge in [-0.3, -0.25) is 4.98 Å². The molecule has 0 unspecified atom stereocenters. The number of urea groups is 1. The van der Waals surface area contributed by atoms with Gasteiger partial charge in [0, 0.05) is 10.9 Å². The van der Waals surface area contributed by atoms with E-state index in [1.165, 1.54) is 41.9 Å². The predicted molar refractivity (Wildman–Crippen MR) is 137 cm³/mol. The average Bonchev–Trinajstić information content (AvgIpc) is 2.84. The molecule has 0 atom stereocenters. The number of amides is 2. The summed E-state index contributed by atoms with van der Waals surface area (Å²) in [5.41, 5.74) is 2.88. The zero-order valence-electron chi connectivity index (χ0n) is 19.0. The highest BCUT2D eigenvalue weighted by atomic mass is 32.2. The Labute approximate surface area is 209 Å². The van der Waals surface area contributed by atoms with E-state index in [2.05, 4.69) is 30.3 Å². The number of thioether (sulfide) groups is 2. The Bertz CT molecular complexity index is 1350. The van der Waals surface area contributed by atoms with Gasteiger partial charge in [0.1, 0.15) is 27.3 Å². The molecule has 4 aromatic rings. The van der Waals surface area contributed by atoms with Gasteiger partial charge in [0.2, 0.25) is 0 Å². The monoisotopic (exact) mass is 513 g/mol. The molecular weight excluding hydrogens is 492 g/mol. The lowest BCUT2D eigenvalue weighted by molar-refractivity contribution is -0.0497. The molecule has 0 spiro atoms. The number of carbonyl (C=O) groups is 1. The van der Waals surface area contributed by atoms with Gasteiger partial charge in [-0.15, -0.1) is 23.5 Å². The predicted octanol–water partition coefficient (Wildman–Crippen LogP) is 6.69. The fourth-order valence-corrected chi connectivity index (χ4v) is 4.77. The van der Waals surface area contributed by atoms with Gasteiger partial charge in [-0.25, -0.2) is 14.8 Å². The molecule has 0 aliphatic rings. The van der Waals surface area contributed by atoms with E-state index in [1.807, 2.05) is 42.8 Å². The molecule has 0 aliphatic heterocycles. The zero-order valence-corrected chi connectivity index (χ0v) is 20.6. The molecule has 0 aliphatic carbocycles. The number of benzene rings is 2. The molecule has 2 heterocycles. The van der Waals surface area contributed by atoms with E-state index < -0.39 is 12.6 Å². The summed E-state index contributed by atoms with van der Waals surface area (Å²) < 4.78 is 30.3. The molecule has 11 heteroatoms. The normalized spacial score (nSPS) is 11.0. The van der Waals surface area contributed by atoms with Crippen LogP contribution in [0.3, 0.4) is 0 Å². The minimum Gasteiger partial charge on any atom is -0.435 e. The largest absolute Gasteiger partial charge is 0.435 e. The van der Waals surface area contributed by atoms with Crippen LogP contribution in [0.1, 0.15) is 5.82 Å². The first-order valence-electron chi connectivity index (χ1n) is 10.4. The van der Waals surface area contributed by atoms with Gasteiger partial charge in [0.05, 0.1) is 17.4 Å². The fourth-order valence-electron chi connectivity index (χ4n) is 3.55. The van der Waals surface area contributed by atoms with Crippen molar-refractivity contribution >= 4 is 51.8 Å². The first kappa shape index (κ1) is 24.7. The van der Waals surface area contributed by atoms with Gasteiger partial charge in [-0.1, -0.05) is 30.3 Å². The maximum Gasteiger partial charge on any atom is 0.387 e. The number of pyridine rings is 1. The van der Waals surface area contributed by atoms with Crippen LogP contribution in [0.2, 0.25) is 0 Å². The summed E-state index contributed by atoms with van der Waals surface area (Å²) in [4.78, 5) is 26.3. The number of alkyl halides is 2. The molecule has 180 valence electrons. The summed E-state index contributed by atoms with van der Waals surface area (Å²) in [6.45, 7) is -1.16. The maximum absolute atomic E-state index is 13.1. The number of aryl methyl sites for hydroxylation is 1. The van der Waals surface area contributed by atoms with Gasteiger partial charge >= 0.3 is 12.6 Å². The van der Waals surface area contributed by atoms with E-state index in [4.69, 9.17) is 0 Å². The molecule has 2 N–H and O–H groups in total. The summed E-state index contributed by atoms with van der Waals surface area (Å²) in [7, 11) is 0. The molecule has 35 heavy (non-hydrogen) atoms. The van der Waals surface area contributed by atoms with Crippen molar-refractivity contribution in [2.24, 2.45) is 0 Å². The van der Waals surface area contributed by atoms with Crippen LogP contribution in [-0.2, 0) is 0 Å². The Hall–Kier alpha value is -3.44. The first-order chi connectivity index (χ1) is 16.9. The van der Waals surface area contributed by atoms with Gasteiger partial charge in [-0.05, 0) is 43.2 Å². The van der Waals surface area contributed by atoms with Crippen molar-refractivity contribution in [2.75, 3.05) is 23.1 Å². The van der Waals surface area contributed by atoms with Crippen LogP contribution in [-0.4, -0.2) is 40.1 Å². The fraction of sp³-hybridized carbons (Fsp3) is 0.167. The number of halogens is 2. The van der Waals surface area contributed by atoms with Crippen LogP contribution in [0.15, 0.2) is 64.8 Å². The molecule has 7 nitrogen and oxygen atoms in total. The van der Waals surface area contributed by atoms with Gasteiger partial charge in [0.15, 0.2) is 0 Å². The number of ether oxygens (including phenoxy) is 1. The average molecular weight is 514 g/mol. The number of nitrogens with zero attached hydrogens (tertiary/aromatic N) is 3. The lowest BCUT2D eigenvalue weighted by Gasteiger charge is -2.17. The molecule has 2 aromatic heterocycles. The van der Waals surface area contributed by atoms with Crippen molar-refractivity contribution in [3.8, 4) is 16.9 Å². The topological polar surface area (TPSA) is 89.0 Å². The van der Waals surface area contributed by atoms with Gasteiger partial charge in [0.25, 0.3) is 0 Å². The maximum atomic E-state index is 13.1. The van der Waals surface area contributed by atoms with Gasteiger partial charge < -0.3 is 15.4 Å². The Morgan fingerprint density at radius 1 is 1.00 bits per heavy atom. The van der Waals surface area contributed by atoms with Crippen molar-refractivity contribution in [3.05, 3.63) is 60.6 Å². The van der Waals surface area contributed by atoms with E-state index in [0.717, 1.165) is 5.56 Å². The second-order valence-electron chi connectivity index (χ2n) is 7.21. The Morgan fingerprint density at radius 3 is 2.31 bits per heavy atom. The SMILES string of the molecule is CSc1nc(C)nc(SC)c1NC(=O)Nc1cnc2ccc(OC(F)F)cc2c1-c1ccccc1. The summed E-state index contributed by atoms with van der Waals surface area (Å²) in [6, 6.07) is 13.3. The third-order valence-corrected chi connectivity index (χ3v) is 6.32. The highest BCUT2D eigenvalue weighted by Crippen LogP contribution is 2.37. The second kappa shape index (κ2) is 10.9. The van der Waals surface area contributed by atoms with E-state index >= 15 is 0 Å². The number of aromatic nitrogens is 3.